The SMILES string of the molecule is CN(c1ccc(C#N)cc1)c1ccc(N(c2cccc(-c3ccccc3)c2)c2ccc3ccccc3c2)cc1. The Morgan fingerprint density at radius 3 is 1.74 bits per heavy atom. The summed E-state index contributed by atoms with van der Waals surface area (Å²) in [6, 6.07) is 52.7. The van der Waals surface area contributed by atoms with Gasteiger partial charge in [-0.15, -0.1) is 0 Å². The van der Waals surface area contributed by atoms with Gasteiger partial charge in [0.05, 0.1) is 11.6 Å². The van der Waals surface area contributed by atoms with Crippen LogP contribution in [-0.4, -0.2) is 7.05 Å². The number of hydrogen-bond acceptors (Lipinski definition) is 3. The molecule has 3 heteroatoms. The molecule has 0 heterocycles. The molecule has 0 bridgehead atoms. The van der Waals surface area contributed by atoms with Gasteiger partial charge in [-0.3, -0.25) is 0 Å². The van der Waals surface area contributed by atoms with E-state index in [9.17, 15) is 0 Å². The van der Waals surface area contributed by atoms with E-state index in [0.29, 0.717) is 5.56 Å². The minimum absolute atomic E-state index is 0.659. The summed E-state index contributed by atoms with van der Waals surface area (Å²) in [6.45, 7) is 0. The minimum Gasteiger partial charge on any atom is -0.345 e. The summed E-state index contributed by atoms with van der Waals surface area (Å²) in [6.07, 6.45) is 0. The highest BCUT2D eigenvalue weighted by Gasteiger charge is 2.15. The topological polar surface area (TPSA) is 30.3 Å². The lowest BCUT2D eigenvalue weighted by molar-refractivity contribution is 1.20. The van der Waals surface area contributed by atoms with Gasteiger partial charge in [0.25, 0.3) is 0 Å². The lowest BCUT2D eigenvalue weighted by Gasteiger charge is -2.27. The lowest BCUT2D eigenvalue weighted by atomic mass is 10.0. The maximum Gasteiger partial charge on any atom is 0.0991 e. The number of anilines is 5. The van der Waals surface area contributed by atoms with Crippen LogP contribution in [0.5, 0.6) is 0 Å². The summed E-state index contributed by atoms with van der Waals surface area (Å²) in [5, 5.41) is 11.6. The van der Waals surface area contributed by atoms with Crippen molar-refractivity contribution < 1.29 is 0 Å². The van der Waals surface area contributed by atoms with E-state index in [4.69, 9.17) is 5.26 Å². The van der Waals surface area contributed by atoms with Crippen molar-refractivity contribution in [1.29, 1.82) is 5.26 Å². The molecule has 0 atom stereocenters. The largest absolute Gasteiger partial charge is 0.345 e. The molecule has 0 saturated carbocycles. The van der Waals surface area contributed by atoms with E-state index in [-0.39, 0.29) is 0 Å². The van der Waals surface area contributed by atoms with Crippen molar-refractivity contribution >= 4 is 39.2 Å². The maximum atomic E-state index is 9.13. The molecule has 0 aliphatic heterocycles. The van der Waals surface area contributed by atoms with Gasteiger partial charge in [0.1, 0.15) is 0 Å². The highest BCUT2D eigenvalue weighted by molar-refractivity contribution is 5.90. The molecule has 6 aromatic rings. The van der Waals surface area contributed by atoms with E-state index >= 15 is 0 Å². The van der Waals surface area contributed by atoms with Crippen molar-refractivity contribution in [2.24, 2.45) is 0 Å². The fourth-order valence-corrected chi connectivity index (χ4v) is 4.95. The predicted molar refractivity (Wildman–Crippen MR) is 163 cm³/mol. The van der Waals surface area contributed by atoms with Crippen LogP contribution in [0.3, 0.4) is 0 Å². The Bertz CT molecular complexity index is 1770. The number of rotatable bonds is 6. The van der Waals surface area contributed by atoms with Crippen LogP contribution < -0.4 is 9.80 Å². The van der Waals surface area contributed by atoms with Crippen LogP contribution >= 0.6 is 0 Å². The molecule has 0 unspecified atom stereocenters. The van der Waals surface area contributed by atoms with Gasteiger partial charge in [0.2, 0.25) is 0 Å². The molecule has 0 amide bonds. The Labute approximate surface area is 229 Å². The van der Waals surface area contributed by atoms with Gasteiger partial charge in [0.15, 0.2) is 0 Å². The first-order chi connectivity index (χ1) is 19.2. The van der Waals surface area contributed by atoms with Gasteiger partial charge in [-0.2, -0.15) is 5.26 Å². The summed E-state index contributed by atoms with van der Waals surface area (Å²) in [4.78, 5) is 4.44. The highest BCUT2D eigenvalue weighted by atomic mass is 15.1. The highest BCUT2D eigenvalue weighted by Crippen LogP contribution is 2.38. The Morgan fingerprint density at radius 2 is 1.03 bits per heavy atom. The second-order valence-corrected chi connectivity index (χ2v) is 9.52. The van der Waals surface area contributed by atoms with Crippen molar-refractivity contribution in [2.75, 3.05) is 16.8 Å². The van der Waals surface area contributed by atoms with E-state index in [1.165, 1.54) is 21.9 Å². The van der Waals surface area contributed by atoms with Crippen LogP contribution in [0.4, 0.5) is 28.4 Å². The van der Waals surface area contributed by atoms with E-state index in [0.717, 1.165) is 28.4 Å². The van der Waals surface area contributed by atoms with Crippen molar-refractivity contribution in [2.45, 2.75) is 0 Å². The summed E-state index contributed by atoms with van der Waals surface area (Å²) < 4.78 is 0. The first-order valence-corrected chi connectivity index (χ1v) is 13.0. The zero-order chi connectivity index (χ0) is 26.6. The zero-order valence-corrected chi connectivity index (χ0v) is 21.7. The van der Waals surface area contributed by atoms with Crippen LogP contribution in [0.2, 0.25) is 0 Å². The molecule has 0 spiro atoms. The molecule has 0 saturated heterocycles. The van der Waals surface area contributed by atoms with Crippen molar-refractivity contribution in [1.82, 2.24) is 0 Å². The smallest absolute Gasteiger partial charge is 0.0991 e. The fourth-order valence-electron chi connectivity index (χ4n) is 4.95. The molecule has 6 aromatic carbocycles. The summed E-state index contributed by atoms with van der Waals surface area (Å²) in [5.74, 6) is 0. The van der Waals surface area contributed by atoms with Gasteiger partial charge in [-0.05, 0) is 94.7 Å². The van der Waals surface area contributed by atoms with E-state index in [1.807, 2.05) is 37.4 Å². The molecule has 39 heavy (non-hydrogen) atoms. The molecule has 0 aliphatic carbocycles. The Morgan fingerprint density at radius 1 is 0.462 bits per heavy atom. The molecule has 0 aliphatic rings. The average molecular weight is 502 g/mol. The predicted octanol–water partition coefficient (Wildman–Crippen LogP) is 9.62. The molecule has 3 nitrogen and oxygen atoms in total. The van der Waals surface area contributed by atoms with Crippen molar-refractivity contribution in [3.63, 3.8) is 0 Å². The number of hydrogen-bond donors (Lipinski definition) is 0. The van der Waals surface area contributed by atoms with E-state index in [2.05, 4.69) is 131 Å². The van der Waals surface area contributed by atoms with E-state index < -0.39 is 0 Å². The molecule has 0 radical (unpaired) electrons. The lowest BCUT2D eigenvalue weighted by Crippen LogP contribution is -2.12. The monoisotopic (exact) mass is 501 g/mol. The normalized spacial score (nSPS) is 10.7. The molecular formula is C36H27N3. The van der Waals surface area contributed by atoms with Gasteiger partial charge in [-0.25, -0.2) is 0 Å². The van der Waals surface area contributed by atoms with Crippen LogP contribution in [0.1, 0.15) is 5.56 Å². The third-order valence-corrected chi connectivity index (χ3v) is 7.08. The Balaban J connectivity index is 1.41. The maximum absolute atomic E-state index is 9.13. The van der Waals surface area contributed by atoms with E-state index in [1.54, 1.807) is 0 Å². The zero-order valence-electron chi connectivity index (χ0n) is 21.7. The second kappa shape index (κ2) is 10.6. The molecule has 0 fully saturated rings. The van der Waals surface area contributed by atoms with Crippen LogP contribution in [0.15, 0.2) is 146 Å². The van der Waals surface area contributed by atoms with Crippen LogP contribution in [-0.2, 0) is 0 Å². The Hall–Kier alpha value is -5.33. The third kappa shape index (κ3) is 4.97. The summed E-state index contributed by atoms with van der Waals surface area (Å²) >= 11 is 0. The summed E-state index contributed by atoms with van der Waals surface area (Å²) in [5.41, 5.74) is 8.41. The number of benzene rings is 6. The molecule has 6 rings (SSSR count). The first-order valence-electron chi connectivity index (χ1n) is 13.0. The number of nitriles is 1. The van der Waals surface area contributed by atoms with Crippen molar-refractivity contribution in [3.05, 3.63) is 151 Å². The quantitative estimate of drug-likeness (QED) is 0.228. The number of fused-ring (bicyclic) bond motifs is 1. The fraction of sp³-hybridized carbons (Fsp3) is 0.0278. The molecule has 0 aromatic heterocycles. The first kappa shape index (κ1) is 24.0. The minimum atomic E-state index is 0.659. The standard InChI is InChI=1S/C36H27N3/c1-38(32-17-14-27(26-37)15-18-32)33-20-22-34(23-21-33)39(36-19-16-29-10-5-6-11-30(29)25-36)35-13-7-12-31(24-35)28-8-3-2-4-9-28/h2-25H,1H3. The van der Waals surface area contributed by atoms with Gasteiger partial charge < -0.3 is 9.80 Å². The second-order valence-electron chi connectivity index (χ2n) is 9.52. The van der Waals surface area contributed by atoms with Gasteiger partial charge in [-0.1, -0.05) is 72.8 Å². The molecule has 186 valence electrons. The van der Waals surface area contributed by atoms with Gasteiger partial charge >= 0.3 is 0 Å². The Kier molecular flexibility index (Phi) is 6.52. The molecular weight excluding hydrogens is 474 g/mol. The summed E-state index contributed by atoms with van der Waals surface area (Å²) in [7, 11) is 2.04. The number of nitrogens with zero attached hydrogens (tertiary/aromatic N) is 3. The molecule has 0 N–H and O–H groups in total. The van der Waals surface area contributed by atoms with Gasteiger partial charge in [0, 0.05) is 35.5 Å². The van der Waals surface area contributed by atoms with Crippen LogP contribution in [0, 0.1) is 11.3 Å². The average Bonchev–Trinajstić information content (AvgIpc) is 3.02. The van der Waals surface area contributed by atoms with Crippen molar-refractivity contribution in [3.8, 4) is 17.2 Å². The van der Waals surface area contributed by atoms with Crippen LogP contribution in [0.25, 0.3) is 21.9 Å². The third-order valence-electron chi connectivity index (χ3n) is 7.08.